The first-order chi connectivity index (χ1) is 14.8. The Labute approximate surface area is 198 Å². The van der Waals surface area contributed by atoms with E-state index in [1.54, 1.807) is 11.3 Å². The van der Waals surface area contributed by atoms with Crippen LogP contribution in [0.15, 0.2) is 21.6 Å². The van der Waals surface area contributed by atoms with E-state index in [1.807, 2.05) is 25.3 Å². The van der Waals surface area contributed by atoms with Crippen molar-refractivity contribution in [2.24, 2.45) is 16.3 Å². The van der Waals surface area contributed by atoms with Gasteiger partial charge in [-0.2, -0.15) is 5.26 Å². The minimum Gasteiger partial charge on any atom is -0.490 e. The molecular weight excluding hydrogens is 472 g/mol. The van der Waals surface area contributed by atoms with Crippen molar-refractivity contribution in [3.63, 3.8) is 0 Å². The second kappa shape index (κ2) is 10.2. The highest BCUT2D eigenvalue weighted by molar-refractivity contribution is 9.10. The van der Waals surface area contributed by atoms with Crippen LogP contribution < -0.4 is 9.47 Å². The molecule has 0 spiro atoms. The Kier molecular flexibility index (Phi) is 7.82. The lowest BCUT2D eigenvalue weighted by molar-refractivity contribution is 0.218. The summed E-state index contributed by atoms with van der Waals surface area (Å²) in [5.41, 5.74) is 3.14. The van der Waals surface area contributed by atoms with Gasteiger partial charge in [0.2, 0.25) is 0 Å². The van der Waals surface area contributed by atoms with E-state index in [0.29, 0.717) is 24.9 Å². The zero-order chi connectivity index (χ0) is 22.6. The third-order valence-corrected chi connectivity index (χ3v) is 7.45. The summed E-state index contributed by atoms with van der Waals surface area (Å²) in [4.78, 5) is 6.06. The van der Waals surface area contributed by atoms with Crippen LogP contribution in [0.5, 0.6) is 11.5 Å². The lowest BCUT2D eigenvalue weighted by Gasteiger charge is -2.33. The van der Waals surface area contributed by atoms with Gasteiger partial charge < -0.3 is 9.47 Å². The van der Waals surface area contributed by atoms with Gasteiger partial charge in [-0.05, 0) is 83.1 Å². The fraction of sp³-hybridized carbons (Fsp3) is 0.520. The fourth-order valence-corrected chi connectivity index (χ4v) is 5.72. The average molecular weight is 504 g/mol. The first-order valence-corrected chi connectivity index (χ1v) is 12.6. The zero-order valence-electron chi connectivity index (χ0n) is 19.0. The fourth-order valence-electron chi connectivity index (χ4n) is 3.92. The van der Waals surface area contributed by atoms with Gasteiger partial charge in [0.25, 0.3) is 0 Å². The van der Waals surface area contributed by atoms with E-state index >= 15 is 0 Å². The van der Waals surface area contributed by atoms with Gasteiger partial charge in [0.05, 0.1) is 23.2 Å². The molecule has 0 saturated heterocycles. The average Bonchev–Trinajstić information content (AvgIpc) is 3.08. The molecule has 0 saturated carbocycles. The summed E-state index contributed by atoms with van der Waals surface area (Å²) < 4.78 is 12.5. The van der Waals surface area contributed by atoms with Crippen LogP contribution in [0.1, 0.15) is 69.0 Å². The Morgan fingerprint density at radius 2 is 2.06 bits per heavy atom. The van der Waals surface area contributed by atoms with E-state index in [9.17, 15) is 5.26 Å². The SMILES string of the molecule is CCCOc1c(Br)cc(C=Nc2sc3c(c2C#N)CC[C@H](C(C)(C)C)C3)cc1OCC. The molecule has 2 aromatic rings. The highest BCUT2D eigenvalue weighted by atomic mass is 79.9. The third kappa shape index (κ3) is 5.51. The van der Waals surface area contributed by atoms with E-state index < -0.39 is 0 Å². The predicted molar refractivity (Wildman–Crippen MR) is 132 cm³/mol. The number of hydrogen-bond acceptors (Lipinski definition) is 5. The minimum absolute atomic E-state index is 0.279. The van der Waals surface area contributed by atoms with E-state index in [1.165, 1.54) is 10.4 Å². The topological polar surface area (TPSA) is 54.6 Å². The van der Waals surface area contributed by atoms with Gasteiger partial charge in [-0.15, -0.1) is 11.3 Å². The summed E-state index contributed by atoms with van der Waals surface area (Å²) in [6, 6.07) is 6.33. The molecule has 0 aliphatic heterocycles. The first-order valence-electron chi connectivity index (χ1n) is 11.0. The van der Waals surface area contributed by atoms with Gasteiger partial charge in [0.1, 0.15) is 11.1 Å². The maximum Gasteiger partial charge on any atom is 0.175 e. The molecule has 166 valence electrons. The second-order valence-electron chi connectivity index (χ2n) is 8.97. The van der Waals surface area contributed by atoms with Crippen LogP contribution in [0.4, 0.5) is 5.00 Å². The molecule has 1 aliphatic carbocycles. The molecule has 0 unspecified atom stereocenters. The summed E-state index contributed by atoms with van der Waals surface area (Å²) in [5, 5.41) is 10.6. The van der Waals surface area contributed by atoms with Crippen LogP contribution in [-0.2, 0) is 12.8 Å². The van der Waals surface area contributed by atoms with Crippen molar-refractivity contribution >= 4 is 38.5 Å². The van der Waals surface area contributed by atoms with Gasteiger partial charge >= 0.3 is 0 Å². The molecule has 1 atom stereocenters. The number of hydrogen-bond donors (Lipinski definition) is 0. The Morgan fingerprint density at radius 3 is 2.71 bits per heavy atom. The molecule has 0 fully saturated rings. The Bertz CT molecular complexity index is 998. The summed E-state index contributed by atoms with van der Waals surface area (Å²) >= 11 is 5.28. The van der Waals surface area contributed by atoms with Crippen molar-refractivity contribution in [3.8, 4) is 17.6 Å². The molecule has 1 aliphatic rings. The lowest BCUT2D eigenvalue weighted by atomic mass is 9.72. The minimum atomic E-state index is 0.279. The molecule has 6 heteroatoms. The van der Waals surface area contributed by atoms with Crippen molar-refractivity contribution < 1.29 is 9.47 Å². The lowest BCUT2D eigenvalue weighted by Crippen LogP contribution is -2.26. The van der Waals surface area contributed by atoms with Crippen molar-refractivity contribution in [1.82, 2.24) is 0 Å². The molecule has 31 heavy (non-hydrogen) atoms. The van der Waals surface area contributed by atoms with E-state index in [4.69, 9.17) is 14.5 Å². The van der Waals surface area contributed by atoms with Crippen LogP contribution in [0.2, 0.25) is 0 Å². The van der Waals surface area contributed by atoms with Gasteiger partial charge in [-0.25, -0.2) is 4.99 Å². The number of nitriles is 1. The molecular formula is C25H31BrN2O2S. The summed E-state index contributed by atoms with van der Waals surface area (Å²) in [5.74, 6) is 2.06. The van der Waals surface area contributed by atoms with Gasteiger partial charge in [0, 0.05) is 11.1 Å². The highest BCUT2D eigenvalue weighted by Crippen LogP contribution is 2.45. The van der Waals surface area contributed by atoms with Crippen LogP contribution in [-0.4, -0.2) is 19.4 Å². The van der Waals surface area contributed by atoms with Crippen LogP contribution >= 0.6 is 27.3 Å². The Morgan fingerprint density at radius 1 is 1.29 bits per heavy atom. The summed E-state index contributed by atoms with van der Waals surface area (Å²) in [7, 11) is 0. The van der Waals surface area contributed by atoms with E-state index in [2.05, 4.69) is 49.7 Å². The third-order valence-electron chi connectivity index (χ3n) is 5.70. The summed E-state index contributed by atoms with van der Waals surface area (Å²) in [6.07, 6.45) is 5.88. The number of thiophene rings is 1. The molecule has 3 rings (SSSR count). The molecule has 1 aromatic heterocycles. The normalized spacial score (nSPS) is 16.2. The number of aliphatic imine (C=N–C) groups is 1. The monoisotopic (exact) mass is 502 g/mol. The maximum atomic E-state index is 9.80. The van der Waals surface area contributed by atoms with E-state index in [0.717, 1.165) is 52.0 Å². The quantitative estimate of drug-likeness (QED) is 0.368. The van der Waals surface area contributed by atoms with E-state index in [-0.39, 0.29) is 5.41 Å². The highest BCUT2D eigenvalue weighted by Gasteiger charge is 2.32. The molecule has 1 aromatic carbocycles. The molecule has 4 nitrogen and oxygen atoms in total. The van der Waals surface area contributed by atoms with Crippen molar-refractivity contribution in [1.29, 1.82) is 5.26 Å². The van der Waals surface area contributed by atoms with Crippen LogP contribution in [0.3, 0.4) is 0 Å². The van der Waals surface area contributed by atoms with Crippen molar-refractivity contribution in [3.05, 3.63) is 38.2 Å². The van der Waals surface area contributed by atoms with Crippen molar-refractivity contribution in [2.45, 2.75) is 60.3 Å². The number of fused-ring (bicyclic) bond motifs is 1. The smallest absolute Gasteiger partial charge is 0.175 e. The number of rotatable bonds is 7. The maximum absolute atomic E-state index is 9.80. The van der Waals surface area contributed by atoms with Crippen LogP contribution in [0, 0.1) is 22.7 Å². The van der Waals surface area contributed by atoms with Gasteiger partial charge in [-0.1, -0.05) is 27.7 Å². The molecule has 0 N–H and O–H groups in total. The Balaban J connectivity index is 1.90. The summed E-state index contributed by atoms with van der Waals surface area (Å²) in [6.45, 7) is 12.1. The zero-order valence-corrected chi connectivity index (χ0v) is 21.5. The molecule has 1 heterocycles. The van der Waals surface area contributed by atoms with Gasteiger partial charge in [-0.3, -0.25) is 0 Å². The number of nitrogens with zero attached hydrogens (tertiary/aromatic N) is 2. The predicted octanol–water partition coefficient (Wildman–Crippen LogP) is 7.47. The largest absolute Gasteiger partial charge is 0.490 e. The van der Waals surface area contributed by atoms with Crippen LogP contribution in [0.25, 0.3) is 0 Å². The molecule has 0 radical (unpaired) electrons. The molecule has 0 bridgehead atoms. The number of halogens is 1. The standard InChI is InChI=1S/C25H31BrN2O2S/c1-6-10-30-23-20(26)11-16(12-21(23)29-7-2)15-28-24-19(14-27)18-9-8-17(25(3,4)5)13-22(18)31-24/h11-12,15,17H,6-10,13H2,1-5H3/t17-/m0/s1. The number of benzene rings is 1. The second-order valence-corrected chi connectivity index (χ2v) is 10.9. The number of ether oxygens (including phenoxy) is 2. The van der Waals surface area contributed by atoms with Crippen molar-refractivity contribution in [2.75, 3.05) is 13.2 Å². The first kappa shape index (κ1) is 23.8. The van der Waals surface area contributed by atoms with Gasteiger partial charge in [0.15, 0.2) is 11.5 Å². The Hall–Kier alpha value is -1.84. The molecule has 0 amide bonds.